The SMILES string of the molecule is CCCC1(CCC)NC(=O)N(CC(=O)NCCc2ccc3c(c2)OCO3)C1=O. The highest BCUT2D eigenvalue weighted by Gasteiger charge is 2.50. The molecule has 3 rings (SSSR count). The number of fused-ring (bicyclic) bond motifs is 1. The lowest BCUT2D eigenvalue weighted by Gasteiger charge is -2.25. The maximum atomic E-state index is 12.8. The van der Waals surface area contributed by atoms with Crippen LogP contribution in [0.3, 0.4) is 0 Å². The number of rotatable bonds is 9. The molecule has 1 aromatic rings. The van der Waals surface area contributed by atoms with E-state index in [2.05, 4.69) is 10.6 Å². The number of ether oxygens (including phenoxy) is 2. The number of hydrogen-bond acceptors (Lipinski definition) is 5. The number of carbonyl (C=O) groups is 3. The number of carbonyl (C=O) groups excluding carboxylic acids is 3. The summed E-state index contributed by atoms with van der Waals surface area (Å²) in [4.78, 5) is 38.4. The van der Waals surface area contributed by atoms with E-state index in [1.807, 2.05) is 32.0 Å². The lowest BCUT2D eigenvalue weighted by Crippen LogP contribution is -2.47. The van der Waals surface area contributed by atoms with Gasteiger partial charge in [-0.15, -0.1) is 0 Å². The van der Waals surface area contributed by atoms with E-state index >= 15 is 0 Å². The topological polar surface area (TPSA) is 97.0 Å². The summed E-state index contributed by atoms with van der Waals surface area (Å²) in [6, 6.07) is 5.16. The van der Waals surface area contributed by atoms with Crippen molar-refractivity contribution in [2.45, 2.75) is 51.5 Å². The second kappa shape index (κ2) is 8.50. The Morgan fingerprint density at radius 2 is 1.89 bits per heavy atom. The van der Waals surface area contributed by atoms with Gasteiger partial charge in [0, 0.05) is 6.54 Å². The summed E-state index contributed by atoms with van der Waals surface area (Å²) in [7, 11) is 0. The molecule has 152 valence electrons. The minimum absolute atomic E-state index is 0.221. The third-order valence-corrected chi connectivity index (χ3v) is 5.07. The maximum Gasteiger partial charge on any atom is 0.325 e. The summed E-state index contributed by atoms with van der Waals surface area (Å²) in [6.07, 6.45) is 3.32. The predicted molar refractivity (Wildman–Crippen MR) is 102 cm³/mol. The van der Waals surface area contributed by atoms with Crippen molar-refractivity contribution in [2.75, 3.05) is 19.9 Å². The van der Waals surface area contributed by atoms with Gasteiger partial charge in [0.25, 0.3) is 5.91 Å². The van der Waals surface area contributed by atoms with Crippen LogP contribution in [0.2, 0.25) is 0 Å². The molecule has 2 N–H and O–H groups in total. The maximum absolute atomic E-state index is 12.8. The van der Waals surface area contributed by atoms with Crippen LogP contribution in [0.15, 0.2) is 18.2 Å². The molecule has 0 spiro atoms. The molecular weight excluding hydrogens is 362 g/mol. The largest absolute Gasteiger partial charge is 0.454 e. The van der Waals surface area contributed by atoms with Crippen LogP contribution in [-0.4, -0.2) is 48.2 Å². The second-order valence-electron chi connectivity index (χ2n) is 7.19. The molecule has 1 fully saturated rings. The lowest BCUT2D eigenvalue weighted by atomic mass is 9.88. The number of nitrogens with one attached hydrogen (secondary N) is 2. The Labute approximate surface area is 164 Å². The molecule has 2 heterocycles. The fourth-order valence-corrected chi connectivity index (χ4v) is 3.78. The average molecular weight is 389 g/mol. The van der Waals surface area contributed by atoms with Crippen LogP contribution in [0.5, 0.6) is 11.5 Å². The van der Waals surface area contributed by atoms with Crippen molar-refractivity contribution in [1.82, 2.24) is 15.5 Å². The van der Waals surface area contributed by atoms with Crippen molar-refractivity contribution in [3.8, 4) is 11.5 Å². The van der Waals surface area contributed by atoms with Crippen LogP contribution in [0.1, 0.15) is 45.1 Å². The van der Waals surface area contributed by atoms with Gasteiger partial charge in [-0.25, -0.2) is 4.79 Å². The molecule has 1 aromatic carbocycles. The first kappa shape index (κ1) is 20.0. The summed E-state index contributed by atoms with van der Waals surface area (Å²) in [6.45, 7) is 4.31. The first-order valence-corrected chi connectivity index (χ1v) is 9.78. The number of imide groups is 1. The molecule has 0 unspecified atom stereocenters. The zero-order valence-electron chi connectivity index (χ0n) is 16.4. The molecule has 8 heteroatoms. The van der Waals surface area contributed by atoms with Gasteiger partial charge in [0.2, 0.25) is 12.7 Å². The van der Waals surface area contributed by atoms with Gasteiger partial charge in [-0.3, -0.25) is 14.5 Å². The van der Waals surface area contributed by atoms with E-state index in [1.54, 1.807) is 0 Å². The average Bonchev–Trinajstić information content (AvgIpc) is 3.21. The number of hydrogen-bond donors (Lipinski definition) is 2. The van der Waals surface area contributed by atoms with Crippen LogP contribution in [0, 0.1) is 0 Å². The van der Waals surface area contributed by atoms with E-state index in [9.17, 15) is 14.4 Å². The molecule has 2 aliphatic rings. The monoisotopic (exact) mass is 389 g/mol. The van der Waals surface area contributed by atoms with Crippen LogP contribution in [0.4, 0.5) is 4.79 Å². The van der Waals surface area contributed by atoms with Crippen LogP contribution < -0.4 is 20.1 Å². The molecule has 0 aromatic heterocycles. The fourth-order valence-electron chi connectivity index (χ4n) is 3.78. The highest BCUT2D eigenvalue weighted by molar-refractivity contribution is 6.09. The van der Waals surface area contributed by atoms with Crippen molar-refractivity contribution >= 4 is 17.8 Å². The van der Waals surface area contributed by atoms with E-state index in [1.165, 1.54) is 0 Å². The number of nitrogens with zero attached hydrogens (tertiary/aromatic N) is 1. The number of urea groups is 1. The fraction of sp³-hybridized carbons (Fsp3) is 0.550. The van der Waals surface area contributed by atoms with Gasteiger partial charge < -0.3 is 20.1 Å². The van der Waals surface area contributed by atoms with Gasteiger partial charge >= 0.3 is 6.03 Å². The number of amides is 4. The molecule has 28 heavy (non-hydrogen) atoms. The van der Waals surface area contributed by atoms with Crippen LogP contribution in [-0.2, 0) is 16.0 Å². The third-order valence-electron chi connectivity index (χ3n) is 5.07. The summed E-state index contributed by atoms with van der Waals surface area (Å²) in [5.74, 6) is 0.764. The minimum atomic E-state index is -0.868. The summed E-state index contributed by atoms with van der Waals surface area (Å²) < 4.78 is 10.6. The van der Waals surface area contributed by atoms with Gasteiger partial charge in [0.1, 0.15) is 12.1 Å². The first-order chi connectivity index (χ1) is 13.5. The Morgan fingerprint density at radius 3 is 2.61 bits per heavy atom. The molecule has 0 atom stereocenters. The summed E-state index contributed by atoms with van der Waals surface area (Å²) >= 11 is 0. The molecule has 1 saturated heterocycles. The molecule has 2 aliphatic heterocycles. The Kier molecular flexibility index (Phi) is 6.06. The van der Waals surface area contributed by atoms with Crippen molar-refractivity contribution in [1.29, 1.82) is 0 Å². The Hall–Kier alpha value is -2.77. The van der Waals surface area contributed by atoms with E-state index in [0.29, 0.717) is 37.3 Å². The Bertz CT molecular complexity index is 758. The summed E-state index contributed by atoms with van der Waals surface area (Å²) in [5, 5.41) is 5.59. The summed E-state index contributed by atoms with van der Waals surface area (Å²) in [5.41, 5.74) is 0.136. The molecule has 4 amide bonds. The smallest absolute Gasteiger partial charge is 0.325 e. The van der Waals surface area contributed by atoms with E-state index in [0.717, 1.165) is 23.3 Å². The van der Waals surface area contributed by atoms with Crippen molar-refractivity contribution in [3.05, 3.63) is 23.8 Å². The van der Waals surface area contributed by atoms with Gasteiger partial charge in [-0.1, -0.05) is 32.8 Å². The molecule has 8 nitrogen and oxygen atoms in total. The predicted octanol–water partition coefficient (Wildman–Crippen LogP) is 1.96. The zero-order chi connectivity index (χ0) is 20.1. The van der Waals surface area contributed by atoms with E-state index in [4.69, 9.17) is 9.47 Å². The highest BCUT2D eigenvalue weighted by Crippen LogP contribution is 2.32. The molecule has 0 aliphatic carbocycles. The van der Waals surface area contributed by atoms with Crippen LogP contribution >= 0.6 is 0 Å². The molecular formula is C20H27N3O5. The van der Waals surface area contributed by atoms with Gasteiger partial charge in [-0.05, 0) is 37.0 Å². The van der Waals surface area contributed by atoms with Gasteiger partial charge in [0.05, 0.1) is 0 Å². The molecule has 0 bridgehead atoms. The number of benzene rings is 1. The van der Waals surface area contributed by atoms with Gasteiger partial charge in [-0.2, -0.15) is 0 Å². The van der Waals surface area contributed by atoms with E-state index in [-0.39, 0.29) is 25.2 Å². The van der Waals surface area contributed by atoms with Crippen LogP contribution in [0.25, 0.3) is 0 Å². The van der Waals surface area contributed by atoms with Crippen molar-refractivity contribution in [2.24, 2.45) is 0 Å². The quantitative estimate of drug-likeness (QED) is 0.630. The molecule has 0 radical (unpaired) electrons. The lowest BCUT2D eigenvalue weighted by molar-refractivity contribution is -0.135. The first-order valence-electron chi connectivity index (χ1n) is 9.78. The van der Waals surface area contributed by atoms with E-state index < -0.39 is 11.6 Å². The van der Waals surface area contributed by atoms with Crippen molar-refractivity contribution < 1.29 is 23.9 Å². The van der Waals surface area contributed by atoms with Crippen molar-refractivity contribution in [3.63, 3.8) is 0 Å². The van der Waals surface area contributed by atoms with Gasteiger partial charge in [0.15, 0.2) is 11.5 Å². The zero-order valence-corrected chi connectivity index (χ0v) is 16.4. The minimum Gasteiger partial charge on any atom is -0.454 e. The third kappa shape index (κ3) is 4.05. The highest BCUT2D eigenvalue weighted by atomic mass is 16.7. The normalized spacial score (nSPS) is 17.0. The Balaban J connectivity index is 1.51. The Morgan fingerprint density at radius 1 is 1.18 bits per heavy atom. The standard InChI is InChI=1S/C20H27N3O5/c1-3-8-20(9-4-2)18(25)23(19(26)22-20)12-17(24)21-10-7-14-5-6-15-16(11-14)28-13-27-15/h5-6,11H,3-4,7-10,12-13H2,1-2H3,(H,21,24)(H,22,26). The second-order valence-corrected chi connectivity index (χ2v) is 7.19. The molecule has 0 saturated carbocycles.